The van der Waals surface area contributed by atoms with Crippen molar-refractivity contribution >= 4 is 34.3 Å². The highest BCUT2D eigenvalue weighted by Gasteiger charge is 2.39. The summed E-state index contributed by atoms with van der Waals surface area (Å²) in [6, 6.07) is 19.2. The summed E-state index contributed by atoms with van der Waals surface area (Å²) in [6.07, 6.45) is 1.09. The average Bonchev–Trinajstić information content (AvgIpc) is 3.11. The molecule has 1 aliphatic heterocycles. The first kappa shape index (κ1) is 27.0. The molecule has 0 radical (unpaired) electrons. The van der Waals surface area contributed by atoms with E-state index in [1.165, 1.54) is 6.07 Å². The Morgan fingerprint density at radius 3 is 2.47 bits per heavy atom. The molecule has 4 rings (SSSR count). The van der Waals surface area contributed by atoms with Crippen LogP contribution in [0.3, 0.4) is 0 Å². The third-order valence-electron chi connectivity index (χ3n) is 7.23. The molecule has 8 nitrogen and oxygen atoms in total. The van der Waals surface area contributed by atoms with Crippen LogP contribution in [0, 0.1) is 5.92 Å². The van der Waals surface area contributed by atoms with Crippen molar-refractivity contribution in [2.24, 2.45) is 11.7 Å². The maximum Gasteiger partial charge on any atom is 0.336 e. The average molecular weight is 516 g/mol. The number of primary amides is 1. The number of benzene rings is 3. The summed E-state index contributed by atoms with van der Waals surface area (Å²) in [5.41, 5.74) is 6.74. The fraction of sp³-hybridized carbons (Fsp3) is 0.333. The zero-order valence-corrected chi connectivity index (χ0v) is 21.4. The molecule has 0 aromatic heterocycles. The molecule has 1 saturated heterocycles. The highest BCUT2D eigenvalue weighted by molar-refractivity contribution is 6.03. The maximum absolute atomic E-state index is 14.7. The molecule has 3 atom stereocenters. The molecule has 0 saturated carbocycles. The lowest BCUT2D eigenvalue weighted by Crippen LogP contribution is -2.49. The Bertz CT molecular complexity index is 1340. The number of carbonyl (C=O) groups excluding carboxylic acids is 3. The number of Topliss-reactive ketones (excluding diaryl/α,β-unsaturated/α-hetero) is 1. The SMILES string of the molecule is CC(CC(N)=O)C(C(=O)N(Cc1ccccc1)C1CCCNCC1=O)c1c(C(=O)O)ccc2ccccc12. The first-order valence-electron chi connectivity index (χ1n) is 12.9. The Morgan fingerprint density at radius 2 is 1.76 bits per heavy atom. The number of carboxylic acid groups (broad SMARTS) is 1. The predicted molar refractivity (Wildman–Crippen MR) is 145 cm³/mol. The second kappa shape index (κ2) is 12.0. The third kappa shape index (κ3) is 5.92. The number of carboxylic acids is 1. The van der Waals surface area contributed by atoms with Crippen LogP contribution in [0.1, 0.15) is 53.6 Å². The van der Waals surface area contributed by atoms with Gasteiger partial charge in [0.05, 0.1) is 24.1 Å². The van der Waals surface area contributed by atoms with Gasteiger partial charge in [0.1, 0.15) is 0 Å². The van der Waals surface area contributed by atoms with Crippen LogP contribution in [-0.4, -0.2) is 52.7 Å². The molecular formula is C30H33N3O5. The molecule has 1 heterocycles. The van der Waals surface area contributed by atoms with Crippen LogP contribution in [0.2, 0.25) is 0 Å². The predicted octanol–water partition coefficient (Wildman–Crippen LogP) is 3.48. The van der Waals surface area contributed by atoms with Gasteiger partial charge in [-0.3, -0.25) is 14.4 Å². The molecule has 0 bridgehead atoms. The van der Waals surface area contributed by atoms with E-state index in [-0.39, 0.29) is 36.8 Å². The van der Waals surface area contributed by atoms with Gasteiger partial charge in [-0.25, -0.2) is 4.79 Å². The Kier molecular flexibility index (Phi) is 8.53. The van der Waals surface area contributed by atoms with E-state index < -0.39 is 29.8 Å². The van der Waals surface area contributed by atoms with Crippen LogP contribution in [0.15, 0.2) is 66.7 Å². The van der Waals surface area contributed by atoms with Crippen LogP contribution < -0.4 is 11.1 Å². The Morgan fingerprint density at radius 1 is 1.05 bits per heavy atom. The number of ketones is 1. The number of hydrogen-bond donors (Lipinski definition) is 3. The molecule has 38 heavy (non-hydrogen) atoms. The van der Waals surface area contributed by atoms with Crippen molar-refractivity contribution in [2.75, 3.05) is 13.1 Å². The van der Waals surface area contributed by atoms with Crippen molar-refractivity contribution in [2.45, 2.75) is 44.7 Å². The number of nitrogens with two attached hydrogens (primary N) is 1. The lowest BCUT2D eigenvalue weighted by Gasteiger charge is -2.36. The lowest BCUT2D eigenvalue weighted by atomic mass is 9.78. The van der Waals surface area contributed by atoms with Crippen LogP contribution in [0.5, 0.6) is 0 Å². The molecule has 0 aliphatic carbocycles. The molecule has 3 aromatic rings. The van der Waals surface area contributed by atoms with Crippen molar-refractivity contribution in [3.05, 3.63) is 83.4 Å². The minimum Gasteiger partial charge on any atom is -0.478 e. The summed E-state index contributed by atoms with van der Waals surface area (Å²) in [5, 5.41) is 14.7. The van der Waals surface area contributed by atoms with Gasteiger partial charge in [0.2, 0.25) is 11.8 Å². The Hall–Kier alpha value is -4.04. The fourth-order valence-electron chi connectivity index (χ4n) is 5.44. The minimum absolute atomic E-state index is 0.00751. The molecule has 3 aromatic carbocycles. The van der Waals surface area contributed by atoms with Gasteiger partial charge >= 0.3 is 5.97 Å². The maximum atomic E-state index is 14.7. The fourth-order valence-corrected chi connectivity index (χ4v) is 5.44. The summed E-state index contributed by atoms with van der Waals surface area (Å²) in [5.74, 6) is -3.85. The second-order valence-electron chi connectivity index (χ2n) is 9.93. The summed E-state index contributed by atoms with van der Waals surface area (Å²) in [7, 11) is 0. The molecule has 3 unspecified atom stereocenters. The number of hydrogen-bond acceptors (Lipinski definition) is 5. The van der Waals surface area contributed by atoms with Gasteiger partial charge in [0.15, 0.2) is 5.78 Å². The van der Waals surface area contributed by atoms with E-state index in [9.17, 15) is 24.3 Å². The quantitative estimate of drug-likeness (QED) is 0.400. The first-order valence-corrected chi connectivity index (χ1v) is 12.9. The Labute approximate surface area is 221 Å². The second-order valence-corrected chi connectivity index (χ2v) is 9.93. The van der Waals surface area contributed by atoms with E-state index in [1.54, 1.807) is 30.0 Å². The van der Waals surface area contributed by atoms with Crippen LogP contribution in [0.25, 0.3) is 10.8 Å². The van der Waals surface area contributed by atoms with Gasteiger partial charge in [0, 0.05) is 13.0 Å². The van der Waals surface area contributed by atoms with E-state index in [4.69, 9.17) is 5.73 Å². The van der Waals surface area contributed by atoms with Crippen LogP contribution in [-0.2, 0) is 20.9 Å². The molecule has 198 valence electrons. The van der Waals surface area contributed by atoms with Gasteiger partial charge in [0.25, 0.3) is 0 Å². The standard InChI is InChI=1S/C30H33N3O5/c1-19(16-26(31)35)27(28-22-11-6-5-10-21(22)13-14-23(28)30(37)38)29(36)33(18-20-8-3-2-4-9-20)24-12-7-15-32-17-25(24)34/h2-6,8-11,13-14,19,24,27,32H,7,12,15-18H2,1H3,(H2,31,35)(H,37,38). The third-order valence-corrected chi connectivity index (χ3v) is 7.23. The number of aromatic carboxylic acids is 1. The van der Waals surface area contributed by atoms with Crippen molar-refractivity contribution in [3.63, 3.8) is 0 Å². The van der Waals surface area contributed by atoms with Crippen molar-refractivity contribution in [1.29, 1.82) is 0 Å². The normalized spacial score (nSPS) is 17.4. The zero-order chi connectivity index (χ0) is 27.2. The number of rotatable bonds is 9. The molecule has 4 N–H and O–H groups in total. The van der Waals surface area contributed by atoms with Crippen LogP contribution >= 0.6 is 0 Å². The molecule has 0 spiro atoms. The van der Waals surface area contributed by atoms with Gasteiger partial charge in [-0.2, -0.15) is 0 Å². The van der Waals surface area contributed by atoms with E-state index in [2.05, 4.69) is 5.32 Å². The highest BCUT2D eigenvalue weighted by Crippen LogP contribution is 2.38. The molecule has 1 fully saturated rings. The molecule has 1 aliphatic rings. The van der Waals surface area contributed by atoms with Crippen molar-refractivity contribution < 1.29 is 24.3 Å². The number of fused-ring (bicyclic) bond motifs is 1. The minimum atomic E-state index is -1.17. The van der Waals surface area contributed by atoms with Gasteiger partial charge in [-0.1, -0.05) is 67.6 Å². The van der Waals surface area contributed by atoms with Crippen LogP contribution in [0.4, 0.5) is 0 Å². The monoisotopic (exact) mass is 515 g/mol. The number of amides is 2. The topological polar surface area (TPSA) is 130 Å². The number of carbonyl (C=O) groups is 4. The first-order chi connectivity index (χ1) is 18.3. The number of nitrogens with one attached hydrogen (secondary N) is 1. The van der Waals surface area contributed by atoms with Gasteiger partial charge in [-0.15, -0.1) is 0 Å². The van der Waals surface area contributed by atoms with E-state index in [1.807, 2.05) is 42.5 Å². The summed E-state index contributed by atoms with van der Waals surface area (Å²) >= 11 is 0. The smallest absolute Gasteiger partial charge is 0.336 e. The highest BCUT2D eigenvalue weighted by atomic mass is 16.4. The van der Waals surface area contributed by atoms with E-state index in [0.717, 1.165) is 10.9 Å². The summed E-state index contributed by atoms with van der Waals surface area (Å²) in [4.78, 5) is 53.9. The molecular weight excluding hydrogens is 482 g/mol. The summed E-state index contributed by atoms with van der Waals surface area (Å²) in [6.45, 7) is 2.74. The van der Waals surface area contributed by atoms with Crippen molar-refractivity contribution in [1.82, 2.24) is 10.2 Å². The van der Waals surface area contributed by atoms with Gasteiger partial charge < -0.3 is 21.1 Å². The van der Waals surface area contributed by atoms with E-state index >= 15 is 0 Å². The molecule has 2 amide bonds. The van der Waals surface area contributed by atoms with E-state index in [0.29, 0.717) is 30.3 Å². The summed E-state index contributed by atoms with van der Waals surface area (Å²) < 4.78 is 0. The lowest BCUT2D eigenvalue weighted by molar-refractivity contribution is -0.142. The molecule has 8 heteroatoms. The van der Waals surface area contributed by atoms with Crippen molar-refractivity contribution in [3.8, 4) is 0 Å². The number of nitrogens with zero attached hydrogens (tertiary/aromatic N) is 1. The Balaban J connectivity index is 1.91. The largest absolute Gasteiger partial charge is 0.478 e. The van der Waals surface area contributed by atoms with Gasteiger partial charge in [-0.05, 0) is 53.3 Å². The zero-order valence-electron chi connectivity index (χ0n) is 21.4.